The Bertz CT molecular complexity index is 856. The van der Waals surface area contributed by atoms with E-state index in [9.17, 15) is 17.6 Å². The maximum absolute atomic E-state index is 13.0. The Morgan fingerprint density at radius 1 is 1.21 bits per heavy atom. The summed E-state index contributed by atoms with van der Waals surface area (Å²) in [5, 5.41) is 2.35. The first kappa shape index (κ1) is 18.4. The molecular formula is C16H16ClFN2O3S. The third kappa shape index (κ3) is 4.77. The zero-order chi connectivity index (χ0) is 17.7. The molecule has 24 heavy (non-hydrogen) atoms. The van der Waals surface area contributed by atoms with E-state index in [1.165, 1.54) is 0 Å². The van der Waals surface area contributed by atoms with Gasteiger partial charge in [0.1, 0.15) is 10.7 Å². The second-order valence-electron chi connectivity index (χ2n) is 5.00. The zero-order valence-electron chi connectivity index (χ0n) is 12.8. The molecule has 0 heterocycles. The lowest BCUT2D eigenvalue weighted by Gasteiger charge is -2.09. The molecular weight excluding hydrogens is 355 g/mol. The molecule has 0 aliphatic heterocycles. The molecule has 0 saturated carbocycles. The van der Waals surface area contributed by atoms with Gasteiger partial charge >= 0.3 is 0 Å². The maximum Gasteiger partial charge on any atom is 0.242 e. The maximum atomic E-state index is 13.0. The monoisotopic (exact) mass is 370 g/mol. The molecule has 0 spiro atoms. The fourth-order valence-corrected chi connectivity index (χ4v) is 3.52. The highest BCUT2D eigenvalue weighted by Gasteiger charge is 2.19. The summed E-state index contributed by atoms with van der Waals surface area (Å²) < 4.78 is 39.4. The van der Waals surface area contributed by atoms with Crippen molar-refractivity contribution in [1.82, 2.24) is 4.72 Å². The summed E-state index contributed by atoms with van der Waals surface area (Å²) in [6.45, 7) is 1.52. The van der Waals surface area contributed by atoms with E-state index < -0.39 is 28.3 Å². The molecule has 0 aliphatic rings. The van der Waals surface area contributed by atoms with Gasteiger partial charge in [-0.3, -0.25) is 4.79 Å². The van der Waals surface area contributed by atoms with Crippen LogP contribution in [0.1, 0.15) is 12.5 Å². The van der Waals surface area contributed by atoms with E-state index in [1.807, 2.05) is 19.1 Å². The number of carbonyl (C=O) groups is 1. The number of sulfonamides is 1. The predicted molar refractivity (Wildman–Crippen MR) is 91.0 cm³/mol. The number of nitrogens with one attached hydrogen (secondary N) is 2. The summed E-state index contributed by atoms with van der Waals surface area (Å²) in [4.78, 5) is 11.6. The number of carbonyl (C=O) groups excluding carboxylic acids is 1. The highest BCUT2D eigenvalue weighted by molar-refractivity contribution is 7.89. The number of halogens is 2. The van der Waals surface area contributed by atoms with Crippen molar-refractivity contribution in [3.63, 3.8) is 0 Å². The highest BCUT2D eigenvalue weighted by Crippen LogP contribution is 2.21. The second-order valence-corrected chi connectivity index (χ2v) is 7.14. The van der Waals surface area contributed by atoms with E-state index >= 15 is 0 Å². The van der Waals surface area contributed by atoms with Gasteiger partial charge in [0.2, 0.25) is 15.9 Å². The molecule has 0 radical (unpaired) electrons. The first-order valence-corrected chi connectivity index (χ1v) is 9.01. The van der Waals surface area contributed by atoms with Gasteiger partial charge in [-0.2, -0.15) is 0 Å². The van der Waals surface area contributed by atoms with Crippen LogP contribution >= 0.6 is 11.6 Å². The van der Waals surface area contributed by atoms with Crippen molar-refractivity contribution in [2.24, 2.45) is 0 Å². The number of aryl methyl sites for hydroxylation is 1. The van der Waals surface area contributed by atoms with Crippen molar-refractivity contribution < 1.29 is 17.6 Å². The lowest BCUT2D eigenvalue weighted by Crippen LogP contribution is -2.33. The van der Waals surface area contributed by atoms with Crippen LogP contribution < -0.4 is 10.0 Å². The van der Waals surface area contributed by atoms with Crippen molar-refractivity contribution in [1.29, 1.82) is 0 Å². The van der Waals surface area contributed by atoms with E-state index in [0.29, 0.717) is 5.69 Å². The van der Waals surface area contributed by atoms with Crippen molar-refractivity contribution in [3.8, 4) is 0 Å². The Morgan fingerprint density at radius 3 is 2.62 bits per heavy atom. The number of anilines is 1. The summed E-state index contributed by atoms with van der Waals surface area (Å²) in [6, 6.07) is 10.2. The smallest absolute Gasteiger partial charge is 0.242 e. The molecule has 8 heteroatoms. The molecule has 0 aromatic heterocycles. The van der Waals surface area contributed by atoms with Gasteiger partial charge in [0.05, 0.1) is 11.6 Å². The average molecular weight is 371 g/mol. The van der Waals surface area contributed by atoms with Crippen molar-refractivity contribution in [2.45, 2.75) is 18.2 Å². The standard InChI is InChI=1S/C16H16ClFN2O3S/c1-2-11-4-3-5-13(8-11)20-16(21)10-19-24(22,23)15-7-6-12(18)9-14(15)17/h3-9,19H,2,10H2,1H3,(H,20,21). The van der Waals surface area contributed by atoms with Crippen LogP contribution in [0.5, 0.6) is 0 Å². The van der Waals surface area contributed by atoms with Crippen molar-refractivity contribution in [3.05, 3.63) is 58.9 Å². The summed E-state index contributed by atoms with van der Waals surface area (Å²) in [5.74, 6) is -1.17. The van der Waals surface area contributed by atoms with Gasteiger partial charge in [-0.25, -0.2) is 17.5 Å². The zero-order valence-corrected chi connectivity index (χ0v) is 14.4. The normalized spacial score (nSPS) is 11.3. The third-order valence-corrected chi connectivity index (χ3v) is 5.11. The molecule has 128 valence electrons. The number of benzene rings is 2. The van der Waals surface area contributed by atoms with E-state index in [4.69, 9.17) is 11.6 Å². The van der Waals surface area contributed by atoms with E-state index in [-0.39, 0.29) is 9.92 Å². The summed E-state index contributed by atoms with van der Waals surface area (Å²) in [5.41, 5.74) is 1.63. The minimum atomic E-state index is -4.02. The summed E-state index contributed by atoms with van der Waals surface area (Å²) >= 11 is 5.73. The molecule has 2 N–H and O–H groups in total. The number of hydrogen-bond donors (Lipinski definition) is 2. The molecule has 5 nitrogen and oxygen atoms in total. The number of hydrogen-bond acceptors (Lipinski definition) is 3. The van der Waals surface area contributed by atoms with Crippen LogP contribution in [0.15, 0.2) is 47.4 Å². The van der Waals surface area contributed by atoms with Gasteiger partial charge in [-0.15, -0.1) is 0 Å². The van der Waals surface area contributed by atoms with Crippen LogP contribution in [0, 0.1) is 5.82 Å². The van der Waals surface area contributed by atoms with E-state index in [2.05, 4.69) is 10.0 Å². The Morgan fingerprint density at radius 2 is 1.96 bits per heavy atom. The SMILES string of the molecule is CCc1cccc(NC(=O)CNS(=O)(=O)c2ccc(F)cc2Cl)c1. The molecule has 1 amide bonds. The van der Waals surface area contributed by atoms with E-state index in [1.54, 1.807) is 12.1 Å². The summed E-state index contributed by atoms with van der Waals surface area (Å²) in [6.07, 6.45) is 0.819. The van der Waals surface area contributed by atoms with Gasteiger partial charge in [0.15, 0.2) is 0 Å². The molecule has 2 aromatic carbocycles. The first-order chi connectivity index (χ1) is 11.3. The Balaban J connectivity index is 2.02. The van der Waals surface area contributed by atoms with Crippen LogP contribution in [0.4, 0.5) is 10.1 Å². The average Bonchev–Trinajstić information content (AvgIpc) is 2.53. The summed E-state index contributed by atoms with van der Waals surface area (Å²) in [7, 11) is -4.02. The van der Waals surface area contributed by atoms with Crippen molar-refractivity contribution in [2.75, 3.05) is 11.9 Å². The van der Waals surface area contributed by atoms with Gasteiger partial charge in [-0.1, -0.05) is 30.7 Å². The molecule has 0 unspecified atom stereocenters. The Labute approximate surface area is 144 Å². The Hall–Kier alpha value is -1.96. The predicted octanol–water partition coefficient (Wildman–Crippen LogP) is 2.96. The fraction of sp³-hybridized carbons (Fsp3) is 0.188. The molecule has 0 aliphatic carbocycles. The molecule has 2 aromatic rings. The number of rotatable bonds is 6. The molecule has 2 rings (SSSR count). The third-order valence-electron chi connectivity index (χ3n) is 3.23. The minimum Gasteiger partial charge on any atom is -0.325 e. The van der Waals surface area contributed by atoms with Crippen LogP contribution in [0.2, 0.25) is 5.02 Å². The lowest BCUT2D eigenvalue weighted by molar-refractivity contribution is -0.115. The Kier molecular flexibility index (Phi) is 5.93. The number of amides is 1. The van der Waals surface area contributed by atoms with Crippen molar-refractivity contribution >= 4 is 33.2 Å². The first-order valence-electron chi connectivity index (χ1n) is 7.15. The fourth-order valence-electron chi connectivity index (χ4n) is 2.01. The van der Waals surface area contributed by atoms with Gasteiger partial charge in [0.25, 0.3) is 0 Å². The largest absolute Gasteiger partial charge is 0.325 e. The highest BCUT2D eigenvalue weighted by atomic mass is 35.5. The molecule has 0 atom stereocenters. The lowest BCUT2D eigenvalue weighted by atomic mass is 10.1. The molecule has 0 fully saturated rings. The van der Waals surface area contributed by atoms with Crippen LogP contribution in [0.25, 0.3) is 0 Å². The quantitative estimate of drug-likeness (QED) is 0.820. The van der Waals surface area contributed by atoms with Crippen LogP contribution in [-0.4, -0.2) is 20.9 Å². The second kappa shape index (κ2) is 7.74. The van der Waals surface area contributed by atoms with Gasteiger partial charge in [0, 0.05) is 5.69 Å². The topological polar surface area (TPSA) is 75.3 Å². The van der Waals surface area contributed by atoms with E-state index in [0.717, 1.165) is 30.2 Å². The van der Waals surface area contributed by atoms with Gasteiger partial charge < -0.3 is 5.32 Å². The van der Waals surface area contributed by atoms with Crippen LogP contribution in [0.3, 0.4) is 0 Å². The molecule has 0 bridgehead atoms. The van der Waals surface area contributed by atoms with Gasteiger partial charge in [-0.05, 0) is 42.3 Å². The molecule has 0 saturated heterocycles. The van der Waals surface area contributed by atoms with Crippen LogP contribution in [-0.2, 0) is 21.2 Å². The minimum absolute atomic E-state index is 0.251.